The third-order valence-electron chi connectivity index (χ3n) is 11.8. The Balaban J connectivity index is 0.745. The van der Waals surface area contributed by atoms with Gasteiger partial charge in [-0.25, -0.2) is 4.98 Å². The van der Waals surface area contributed by atoms with Crippen molar-refractivity contribution in [2.45, 2.75) is 76.5 Å². The van der Waals surface area contributed by atoms with Crippen LogP contribution in [-0.2, 0) is 39.9 Å². The van der Waals surface area contributed by atoms with Crippen LogP contribution < -0.4 is 35.8 Å². The monoisotopic (exact) mass is 911 g/mol. The first-order valence-electron chi connectivity index (χ1n) is 22.3. The van der Waals surface area contributed by atoms with Crippen LogP contribution in [0, 0.1) is 10.8 Å². The fraction of sp³-hybridized carbons (Fsp3) is 0.489. The molecule has 3 aromatic rings. The Morgan fingerprint density at radius 2 is 1.67 bits per heavy atom. The number of carbonyl (C=O) groups is 5. The van der Waals surface area contributed by atoms with Gasteiger partial charge < -0.3 is 49.4 Å². The van der Waals surface area contributed by atoms with Crippen LogP contribution in [0.2, 0.25) is 0 Å². The summed E-state index contributed by atoms with van der Waals surface area (Å²) >= 11 is 0. The average molecular weight is 912 g/mol. The number of nitrogens with one attached hydrogen (secondary N) is 6. The lowest BCUT2D eigenvalue weighted by Crippen LogP contribution is -2.56. The molecule has 1 aromatic heterocycles. The van der Waals surface area contributed by atoms with Crippen molar-refractivity contribution in [1.29, 1.82) is 10.8 Å². The molecule has 0 spiro atoms. The van der Waals surface area contributed by atoms with E-state index in [0.717, 1.165) is 32.0 Å². The van der Waals surface area contributed by atoms with Gasteiger partial charge in [-0.05, 0) is 56.0 Å². The number of rotatable bonds is 23. The Bertz CT molecular complexity index is 2290. The van der Waals surface area contributed by atoms with Crippen molar-refractivity contribution >= 4 is 70.5 Å². The maximum Gasteiger partial charge on any atom is 0.255 e. The number of amidine groups is 1. The van der Waals surface area contributed by atoms with Gasteiger partial charge in [0.2, 0.25) is 23.7 Å². The van der Waals surface area contributed by atoms with E-state index in [-0.39, 0.29) is 82.2 Å². The summed E-state index contributed by atoms with van der Waals surface area (Å²) in [7, 11) is 1.52. The van der Waals surface area contributed by atoms with Gasteiger partial charge in [-0.3, -0.25) is 45.0 Å². The quantitative estimate of drug-likeness (QED) is 0.0345. The van der Waals surface area contributed by atoms with Gasteiger partial charge in [0.1, 0.15) is 29.9 Å². The van der Waals surface area contributed by atoms with Gasteiger partial charge in [0.15, 0.2) is 5.82 Å². The molecular formula is C45H57N11O10. The van der Waals surface area contributed by atoms with E-state index in [4.69, 9.17) is 39.5 Å². The first-order chi connectivity index (χ1) is 32.1. The number of piperidine rings is 1. The van der Waals surface area contributed by atoms with Gasteiger partial charge in [-0.2, -0.15) is 4.98 Å². The normalized spacial score (nSPS) is 18.2. The van der Waals surface area contributed by atoms with Crippen molar-refractivity contribution in [3.05, 3.63) is 59.3 Å². The van der Waals surface area contributed by atoms with E-state index in [2.05, 4.69) is 31.2 Å². The number of anilines is 5. The minimum absolute atomic E-state index is 0.141. The molecule has 1 saturated carbocycles. The minimum Gasteiger partial charge on any atom is -0.495 e. The predicted octanol–water partition coefficient (Wildman–Crippen LogP) is 3.36. The second-order valence-corrected chi connectivity index (χ2v) is 16.0. The summed E-state index contributed by atoms with van der Waals surface area (Å²) in [6.45, 7) is 4.23. The average Bonchev–Trinajstić information content (AvgIpc) is 3.97. The van der Waals surface area contributed by atoms with E-state index < -0.39 is 17.9 Å². The Hall–Kier alpha value is -6.55. The summed E-state index contributed by atoms with van der Waals surface area (Å²) in [5.41, 5.74) is 3.03. The maximum absolute atomic E-state index is 13.0. The van der Waals surface area contributed by atoms with E-state index in [1.807, 2.05) is 6.92 Å². The zero-order valence-corrected chi connectivity index (χ0v) is 37.2. The molecule has 21 nitrogen and oxygen atoms in total. The molecule has 4 aliphatic rings. The Morgan fingerprint density at radius 3 is 2.36 bits per heavy atom. The molecule has 2 fully saturated rings. The van der Waals surface area contributed by atoms with Crippen LogP contribution in [0.5, 0.6) is 5.75 Å². The number of hydrogen-bond donors (Lipinski definition) is 6. The second kappa shape index (κ2) is 22.6. The number of ether oxygens (including phenoxy) is 5. The number of aromatic nitrogens is 2. The topological polar surface area (TPSA) is 263 Å². The van der Waals surface area contributed by atoms with Crippen LogP contribution in [0.15, 0.2) is 42.6 Å². The van der Waals surface area contributed by atoms with Crippen LogP contribution in [0.3, 0.4) is 0 Å². The molecule has 2 atom stereocenters. The van der Waals surface area contributed by atoms with Gasteiger partial charge in [-0.1, -0.05) is 25.8 Å². The van der Waals surface area contributed by atoms with Crippen molar-refractivity contribution in [1.82, 2.24) is 25.5 Å². The smallest absolute Gasteiger partial charge is 0.255 e. The van der Waals surface area contributed by atoms with Crippen molar-refractivity contribution < 1.29 is 47.7 Å². The molecule has 4 heterocycles. The third-order valence-corrected chi connectivity index (χ3v) is 11.8. The molecule has 0 bridgehead atoms. The fourth-order valence-electron chi connectivity index (χ4n) is 8.60. The van der Waals surface area contributed by atoms with E-state index in [1.54, 1.807) is 42.6 Å². The van der Waals surface area contributed by atoms with Crippen molar-refractivity contribution in [3.63, 3.8) is 0 Å². The van der Waals surface area contributed by atoms with Crippen molar-refractivity contribution in [2.24, 2.45) is 0 Å². The maximum atomic E-state index is 13.0. The highest BCUT2D eigenvalue weighted by atomic mass is 16.6. The van der Waals surface area contributed by atoms with Gasteiger partial charge in [0.25, 0.3) is 11.8 Å². The van der Waals surface area contributed by atoms with E-state index in [1.165, 1.54) is 16.9 Å². The predicted molar refractivity (Wildman–Crippen MR) is 243 cm³/mol. The van der Waals surface area contributed by atoms with Gasteiger partial charge in [0.05, 0.1) is 77.6 Å². The first kappa shape index (κ1) is 47.4. The summed E-state index contributed by atoms with van der Waals surface area (Å²) < 4.78 is 27.7. The molecule has 21 heteroatoms. The SMILES string of the molecule is CC[C@@H]1C(=N)N(C=N)c2cnc(Nc3ccc(C(=O)NCCOCCOCCOCCOCC(=O)Nc4cccc5c4CN(C4CCC(=O)NC4=O)C5=O)cc3OC)nc2N1C1CCCC1. The summed E-state index contributed by atoms with van der Waals surface area (Å²) in [5, 5.41) is 28.0. The van der Waals surface area contributed by atoms with Crippen molar-refractivity contribution in [3.8, 4) is 5.75 Å². The standard InChI is InChI=1S/C45H57N11O10/c1-3-34-40(47)55(27-46)36-24-49-45(53-41(36)56(34)29-7-4-5-8-29)51-33-12-11-28(23-37(33)62-2)42(59)48-15-16-63-17-18-64-19-20-65-21-22-66-26-39(58)50-32-10-6-9-30-31(32)25-54(44(30)61)35-13-14-38(57)52-43(35)60/h6,9-12,23-24,27,29,34-35,46-47H,3-5,7-8,13-22,25-26H2,1-2H3,(H,48,59)(H,50,58)(H,49,51,53)(H,52,57,60)/t34-,35?/m1/s1. The Morgan fingerprint density at radius 1 is 0.939 bits per heavy atom. The van der Waals surface area contributed by atoms with Crippen LogP contribution in [0.25, 0.3) is 0 Å². The van der Waals surface area contributed by atoms with Gasteiger partial charge in [-0.15, -0.1) is 0 Å². The number of imide groups is 1. The van der Waals surface area contributed by atoms with E-state index >= 15 is 0 Å². The lowest BCUT2D eigenvalue weighted by Gasteiger charge is -2.44. The number of hydrogen-bond acceptors (Lipinski definition) is 16. The largest absolute Gasteiger partial charge is 0.495 e. The van der Waals surface area contributed by atoms with E-state index in [0.29, 0.717) is 90.0 Å². The molecule has 5 amide bonds. The fourth-order valence-corrected chi connectivity index (χ4v) is 8.60. The molecule has 0 radical (unpaired) electrons. The summed E-state index contributed by atoms with van der Waals surface area (Å²) in [4.78, 5) is 77.1. The van der Waals surface area contributed by atoms with Crippen molar-refractivity contribution in [2.75, 3.05) is 86.9 Å². The molecular weight excluding hydrogens is 855 g/mol. The molecule has 3 aliphatic heterocycles. The number of nitrogens with zero attached hydrogens (tertiary/aromatic N) is 5. The van der Waals surface area contributed by atoms with Gasteiger partial charge in [0, 0.05) is 47.9 Å². The molecule has 1 saturated heterocycles. The molecule has 7 rings (SSSR count). The zero-order valence-electron chi connectivity index (χ0n) is 37.2. The number of benzene rings is 2. The Labute approximate surface area is 382 Å². The van der Waals surface area contributed by atoms with Gasteiger partial charge >= 0.3 is 0 Å². The van der Waals surface area contributed by atoms with Crippen LogP contribution in [0.4, 0.5) is 28.8 Å². The molecule has 66 heavy (non-hydrogen) atoms. The molecule has 2 aromatic carbocycles. The molecule has 352 valence electrons. The highest BCUT2D eigenvalue weighted by Crippen LogP contribution is 2.41. The minimum atomic E-state index is -0.748. The first-order valence-corrected chi connectivity index (χ1v) is 22.3. The second-order valence-electron chi connectivity index (χ2n) is 16.0. The van der Waals surface area contributed by atoms with E-state index in [9.17, 15) is 24.0 Å². The zero-order chi connectivity index (χ0) is 46.6. The third kappa shape index (κ3) is 11.1. The molecule has 1 unspecified atom stereocenters. The lowest BCUT2D eigenvalue weighted by atomic mass is 10.0. The highest BCUT2D eigenvalue weighted by Gasteiger charge is 2.41. The number of methoxy groups -OCH3 is 1. The summed E-state index contributed by atoms with van der Waals surface area (Å²) in [6, 6.07) is 9.33. The highest BCUT2D eigenvalue weighted by molar-refractivity contribution is 6.16. The lowest BCUT2D eigenvalue weighted by molar-refractivity contribution is -0.137. The number of carbonyl (C=O) groups excluding carboxylic acids is 5. The number of fused-ring (bicyclic) bond motifs is 2. The summed E-state index contributed by atoms with van der Waals surface area (Å²) in [6.07, 6.45) is 8.18. The van der Waals surface area contributed by atoms with Crippen LogP contribution in [0.1, 0.15) is 78.1 Å². The van der Waals surface area contributed by atoms with Crippen LogP contribution in [-0.4, -0.2) is 141 Å². The Kier molecular flexibility index (Phi) is 16.2. The molecule has 1 aliphatic carbocycles. The number of amides is 5. The molecule has 6 N–H and O–H groups in total. The summed E-state index contributed by atoms with van der Waals surface area (Å²) in [5.74, 6) is -0.102. The van der Waals surface area contributed by atoms with Crippen LogP contribution >= 0.6 is 0 Å².